The van der Waals surface area contributed by atoms with Crippen LogP contribution in [0.2, 0.25) is 0 Å². The van der Waals surface area contributed by atoms with E-state index in [4.69, 9.17) is 5.11 Å². The van der Waals surface area contributed by atoms with Crippen molar-refractivity contribution >= 4 is 10.0 Å². The topological polar surface area (TPSA) is 66.4 Å². The van der Waals surface area contributed by atoms with Crippen LogP contribution in [0, 0.1) is 11.8 Å². The van der Waals surface area contributed by atoms with Crippen molar-refractivity contribution in [1.82, 2.24) is 4.72 Å². The van der Waals surface area contributed by atoms with E-state index >= 15 is 0 Å². The molecule has 0 aliphatic carbocycles. The minimum atomic E-state index is -3.49. The zero-order valence-corrected chi connectivity index (χ0v) is 10.6. The van der Waals surface area contributed by atoms with Gasteiger partial charge in [-0.15, -0.1) is 0 Å². The van der Waals surface area contributed by atoms with Crippen LogP contribution in [0.4, 0.5) is 0 Å². The van der Waals surface area contributed by atoms with Gasteiger partial charge in [0.05, 0.1) is 4.90 Å². The highest BCUT2D eigenvalue weighted by atomic mass is 32.2. The van der Waals surface area contributed by atoms with Gasteiger partial charge < -0.3 is 5.11 Å². The van der Waals surface area contributed by atoms with Crippen LogP contribution in [0.3, 0.4) is 0 Å². The predicted octanol–water partition coefficient (Wildman–Crippen LogP) is 0.717. The zero-order chi connectivity index (χ0) is 12.9. The minimum absolute atomic E-state index is 0.160. The Labute approximate surface area is 102 Å². The molecule has 0 heterocycles. The highest BCUT2D eigenvalue weighted by Crippen LogP contribution is 2.11. The van der Waals surface area contributed by atoms with Gasteiger partial charge in [0.2, 0.25) is 10.0 Å². The van der Waals surface area contributed by atoms with Crippen LogP contribution >= 0.6 is 0 Å². The van der Waals surface area contributed by atoms with Gasteiger partial charge in [-0.1, -0.05) is 17.9 Å². The minimum Gasteiger partial charge on any atom is -0.384 e. The number of hydrogen-bond acceptors (Lipinski definition) is 3. The Morgan fingerprint density at radius 3 is 2.71 bits per heavy atom. The van der Waals surface area contributed by atoms with Crippen LogP contribution in [-0.4, -0.2) is 26.2 Å². The standard InChI is InChI=1S/C12H15NO3S/c1-10(2)13-17(15,16)12-7-3-5-11(9-12)6-4-8-14/h3,5,7,9-10,13-14H,8H2,1-2H3. The lowest BCUT2D eigenvalue weighted by Crippen LogP contribution is -2.30. The molecule has 0 aliphatic rings. The lowest BCUT2D eigenvalue weighted by molar-refractivity contribution is 0.350. The molecule has 0 bridgehead atoms. The smallest absolute Gasteiger partial charge is 0.240 e. The van der Waals surface area contributed by atoms with Gasteiger partial charge in [0, 0.05) is 11.6 Å². The fourth-order valence-corrected chi connectivity index (χ4v) is 2.56. The largest absolute Gasteiger partial charge is 0.384 e. The summed E-state index contributed by atoms with van der Waals surface area (Å²) in [5, 5.41) is 8.57. The van der Waals surface area contributed by atoms with E-state index in [1.807, 2.05) is 0 Å². The van der Waals surface area contributed by atoms with Gasteiger partial charge in [-0.05, 0) is 32.0 Å². The number of sulfonamides is 1. The summed E-state index contributed by atoms with van der Waals surface area (Å²) in [5.74, 6) is 5.14. The van der Waals surface area contributed by atoms with Gasteiger partial charge >= 0.3 is 0 Å². The Morgan fingerprint density at radius 1 is 1.41 bits per heavy atom. The van der Waals surface area contributed by atoms with E-state index in [-0.39, 0.29) is 17.5 Å². The van der Waals surface area contributed by atoms with Crippen molar-refractivity contribution in [2.45, 2.75) is 24.8 Å². The Hall–Kier alpha value is -1.35. The molecule has 0 saturated heterocycles. The average molecular weight is 253 g/mol. The highest BCUT2D eigenvalue weighted by molar-refractivity contribution is 7.89. The van der Waals surface area contributed by atoms with Crippen molar-refractivity contribution in [1.29, 1.82) is 0 Å². The summed E-state index contributed by atoms with van der Waals surface area (Å²) in [7, 11) is -3.49. The van der Waals surface area contributed by atoms with E-state index in [9.17, 15) is 8.42 Å². The number of benzene rings is 1. The van der Waals surface area contributed by atoms with Crippen molar-refractivity contribution in [2.24, 2.45) is 0 Å². The summed E-state index contributed by atoms with van der Waals surface area (Å²) >= 11 is 0. The maximum absolute atomic E-state index is 11.9. The van der Waals surface area contributed by atoms with Crippen LogP contribution in [0.5, 0.6) is 0 Å². The Morgan fingerprint density at radius 2 is 2.12 bits per heavy atom. The normalized spacial score (nSPS) is 11.1. The first-order valence-electron chi connectivity index (χ1n) is 5.18. The van der Waals surface area contributed by atoms with Crippen LogP contribution < -0.4 is 4.72 Å². The maximum atomic E-state index is 11.9. The molecule has 1 rings (SSSR count). The zero-order valence-electron chi connectivity index (χ0n) is 9.77. The Kier molecular flexibility index (Phi) is 4.70. The molecule has 0 fully saturated rings. The van der Waals surface area contributed by atoms with Gasteiger partial charge in [0.25, 0.3) is 0 Å². The quantitative estimate of drug-likeness (QED) is 0.780. The molecule has 0 aliphatic heterocycles. The van der Waals surface area contributed by atoms with Crippen LogP contribution in [-0.2, 0) is 10.0 Å². The van der Waals surface area contributed by atoms with Gasteiger partial charge in [-0.25, -0.2) is 13.1 Å². The third kappa shape index (κ3) is 4.19. The van der Waals surface area contributed by atoms with Crippen molar-refractivity contribution in [3.05, 3.63) is 29.8 Å². The molecule has 0 atom stereocenters. The molecule has 92 valence electrons. The number of aliphatic hydroxyl groups excluding tert-OH is 1. The number of nitrogens with one attached hydrogen (secondary N) is 1. The van der Waals surface area contributed by atoms with Gasteiger partial charge in [0.15, 0.2) is 0 Å². The Balaban J connectivity index is 3.07. The lowest BCUT2D eigenvalue weighted by Gasteiger charge is -2.09. The van der Waals surface area contributed by atoms with Gasteiger partial charge in [-0.2, -0.15) is 0 Å². The SMILES string of the molecule is CC(C)NS(=O)(=O)c1cccc(C#CCO)c1. The maximum Gasteiger partial charge on any atom is 0.240 e. The first-order valence-corrected chi connectivity index (χ1v) is 6.66. The highest BCUT2D eigenvalue weighted by Gasteiger charge is 2.14. The monoisotopic (exact) mass is 253 g/mol. The fraction of sp³-hybridized carbons (Fsp3) is 0.333. The summed E-state index contributed by atoms with van der Waals surface area (Å²) < 4.78 is 26.2. The first kappa shape index (κ1) is 13.7. The molecule has 1 aromatic carbocycles. The van der Waals surface area contributed by atoms with E-state index in [0.717, 1.165) is 0 Å². The van der Waals surface area contributed by atoms with Gasteiger partial charge in [-0.3, -0.25) is 0 Å². The summed E-state index contributed by atoms with van der Waals surface area (Å²) in [6.07, 6.45) is 0. The van der Waals surface area contributed by atoms with Crippen molar-refractivity contribution in [2.75, 3.05) is 6.61 Å². The first-order chi connectivity index (χ1) is 7.95. The summed E-state index contributed by atoms with van der Waals surface area (Å²) in [4.78, 5) is 0.177. The number of hydrogen-bond donors (Lipinski definition) is 2. The van der Waals surface area contributed by atoms with Crippen LogP contribution in [0.1, 0.15) is 19.4 Å². The summed E-state index contributed by atoms with van der Waals surface area (Å²) in [5.41, 5.74) is 0.561. The average Bonchev–Trinajstić information content (AvgIpc) is 2.25. The van der Waals surface area contributed by atoms with E-state index in [2.05, 4.69) is 16.6 Å². The molecule has 1 aromatic rings. The molecule has 2 N–H and O–H groups in total. The second kappa shape index (κ2) is 5.82. The molecule has 0 radical (unpaired) electrons. The fourth-order valence-electron chi connectivity index (χ4n) is 1.26. The van der Waals surface area contributed by atoms with Crippen molar-refractivity contribution in [3.8, 4) is 11.8 Å². The molecule has 0 saturated carbocycles. The third-order valence-corrected chi connectivity index (χ3v) is 3.50. The molecule has 0 aromatic heterocycles. The predicted molar refractivity (Wildman–Crippen MR) is 65.9 cm³/mol. The van der Waals surface area contributed by atoms with E-state index in [1.165, 1.54) is 12.1 Å². The third-order valence-electron chi connectivity index (χ3n) is 1.85. The molecule has 0 amide bonds. The molecule has 4 nitrogen and oxygen atoms in total. The molecule has 0 spiro atoms. The van der Waals surface area contributed by atoms with Crippen LogP contribution in [0.15, 0.2) is 29.2 Å². The second-order valence-electron chi connectivity index (χ2n) is 3.76. The van der Waals surface area contributed by atoms with E-state index in [0.29, 0.717) is 5.56 Å². The van der Waals surface area contributed by atoms with Crippen molar-refractivity contribution in [3.63, 3.8) is 0 Å². The lowest BCUT2D eigenvalue weighted by atomic mass is 10.2. The van der Waals surface area contributed by atoms with E-state index < -0.39 is 10.0 Å². The van der Waals surface area contributed by atoms with E-state index in [1.54, 1.807) is 26.0 Å². The van der Waals surface area contributed by atoms with Gasteiger partial charge in [0.1, 0.15) is 6.61 Å². The van der Waals surface area contributed by atoms with Crippen molar-refractivity contribution < 1.29 is 13.5 Å². The number of aliphatic hydroxyl groups is 1. The van der Waals surface area contributed by atoms with Crippen LogP contribution in [0.25, 0.3) is 0 Å². The molecular formula is C12H15NO3S. The summed E-state index contributed by atoms with van der Waals surface area (Å²) in [6.45, 7) is 3.27. The molecule has 17 heavy (non-hydrogen) atoms. The summed E-state index contributed by atoms with van der Waals surface area (Å²) in [6, 6.07) is 6.14. The number of rotatable bonds is 3. The Bertz CT molecular complexity index is 538. The molecule has 5 heteroatoms. The molecular weight excluding hydrogens is 238 g/mol. The second-order valence-corrected chi connectivity index (χ2v) is 5.48. The molecule has 0 unspecified atom stereocenters.